The SMILES string of the molecule is COC1CCCN(Cc2ccc(C(N)=S)cc2Cl)C1. The van der Waals surface area contributed by atoms with Crippen LogP contribution in [0.4, 0.5) is 0 Å². The number of thiocarbonyl (C=S) groups is 1. The number of nitrogens with two attached hydrogens (primary N) is 1. The van der Waals surface area contributed by atoms with Crippen LogP contribution in [0.2, 0.25) is 5.02 Å². The maximum Gasteiger partial charge on any atom is 0.104 e. The van der Waals surface area contributed by atoms with E-state index in [4.69, 9.17) is 34.3 Å². The maximum absolute atomic E-state index is 6.29. The molecule has 3 nitrogen and oxygen atoms in total. The Labute approximate surface area is 124 Å². The summed E-state index contributed by atoms with van der Waals surface area (Å²) in [6, 6.07) is 5.78. The zero-order chi connectivity index (χ0) is 13.8. The summed E-state index contributed by atoms with van der Waals surface area (Å²) in [6.07, 6.45) is 2.64. The van der Waals surface area contributed by atoms with Crippen LogP contribution in [0.15, 0.2) is 18.2 Å². The van der Waals surface area contributed by atoms with Crippen LogP contribution < -0.4 is 5.73 Å². The number of ether oxygens (including phenoxy) is 1. The van der Waals surface area contributed by atoms with Crippen molar-refractivity contribution in [3.05, 3.63) is 34.3 Å². The van der Waals surface area contributed by atoms with E-state index in [9.17, 15) is 0 Å². The summed E-state index contributed by atoms with van der Waals surface area (Å²) in [4.78, 5) is 2.75. The number of benzene rings is 1. The molecule has 1 unspecified atom stereocenters. The first-order valence-corrected chi connectivity index (χ1v) is 7.22. The lowest BCUT2D eigenvalue weighted by molar-refractivity contribution is 0.0285. The molecule has 104 valence electrons. The average molecular weight is 299 g/mol. The van der Waals surface area contributed by atoms with Gasteiger partial charge >= 0.3 is 0 Å². The van der Waals surface area contributed by atoms with Crippen molar-refractivity contribution in [2.75, 3.05) is 20.2 Å². The molecule has 0 amide bonds. The van der Waals surface area contributed by atoms with E-state index >= 15 is 0 Å². The van der Waals surface area contributed by atoms with Crippen LogP contribution in [-0.4, -0.2) is 36.2 Å². The first kappa shape index (κ1) is 14.7. The highest BCUT2D eigenvalue weighted by molar-refractivity contribution is 7.80. The third-order valence-corrected chi connectivity index (χ3v) is 4.11. The number of nitrogens with zero attached hydrogens (tertiary/aromatic N) is 1. The summed E-state index contributed by atoms with van der Waals surface area (Å²) in [5, 5.41) is 0.727. The second kappa shape index (κ2) is 6.66. The van der Waals surface area contributed by atoms with Gasteiger partial charge in [-0.05, 0) is 31.0 Å². The molecular weight excluding hydrogens is 280 g/mol. The summed E-state index contributed by atoms with van der Waals surface area (Å²) in [5.41, 5.74) is 7.53. The van der Waals surface area contributed by atoms with Gasteiger partial charge in [-0.15, -0.1) is 0 Å². The van der Waals surface area contributed by atoms with Crippen molar-refractivity contribution in [3.8, 4) is 0 Å². The third kappa shape index (κ3) is 3.89. The van der Waals surface area contributed by atoms with Crippen LogP contribution in [0.1, 0.15) is 24.0 Å². The second-order valence-corrected chi connectivity index (χ2v) is 5.75. The van der Waals surface area contributed by atoms with E-state index in [0.29, 0.717) is 11.1 Å². The van der Waals surface area contributed by atoms with Crippen molar-refractivity contribution in [2.45, 2.75) is 25.5 Å². The molecule has 19 heavy (non-hydrogen) atoms. The van der Waals surface area contributed by atoms with E-state index in [0.717, 1.165) is 42.2 Å². The van der Waals surface area contributed by atoms with E-state index in [1.807, 2.05) is 18.2 Å². The minimum Gasteiger partial charge on any atom is -0.389 e. The Bertz CT molecular complexity index is 467. The molecule has 5 heteroatoms. The number of piperidine rings is 1. The highest BCUT2D eigenvalue weighted by atomic mass is 35.5. The first-order chi connectivity index (χ1) is 9.10. The molecule has 0 bridgehead atoms. The zero-order valence-corrected chi connectivity index (χ0v) is 12.6. The Balaban J connectivity index is 2.04. The fourth-order valence-electron chi connectivity index (χ4n) is 2.42. The van der Waals surface area contributed by atoms with Crippen LogP contribution in [-0.2, 0) is 11.3 Å². The van der Waals surface area contributed by atoms with Gasteiger partial charge in [0.25, 0.3) is 0 Å². The summed E-state index contributed by atoms with van der Waals surface area (Å²) in [7, 11) is 1.78. The first-order valence-electron chi connectivity index (χ1n) is 6.43. The molecule has 0 aromatic heterocycles. The molecular formula is C14H19ClN2OS. The number of hydrogen-bond acceptors (Lipinski definition) is 3. The van der Waals surface area contributed by atoms with Crippen LogP contribution >= 0.6 is 23.8 Å². The molecule has 1 fully saturated rings. The van der Waals surface area contributed by atoms with Crippen molar-refractivity contribution >= 4 is 28.8 Å². The Morgan fingerprint density at radius 1 is 1.58 bits per heavy atom. The van der Waals surface area contributed by atoms with Crippen LogP contribution in [0, 0.1) is 0 Å². The van der Waals surface area contributed by atoms with Crippen molar-refractivity contribution in [1.82, 2.24) is 4.90 Å². The van der Waals surface area contributed by atoms with Gasteiger partial charge in [-0.3, -0.25) is 4.90 Å². The monoisotopic (exact) mass is 298 g/mol. The summed E-state index contributed by atoms with van der Waals surface area (Å²) >= 11 is 11.2. The highest BCUT2D eigenvalue weighted by Crippen LogP contribution is 2.22. The standard InChI is InChI=1S/C14H19ClN2OS/c1-18-12-3-2-6-17(9-12)8-11-5-4-10(14(16)19)7-13(11)15/h4-5,7,12H,2-3,6,8-9H2,1H3,(H2,16,19). The molecule has 0 aliphatic carbocycles. The fourth-order valence-corrected chi connectivity index (χ4v) is 2.79. The molecule has 1 aromatic rings. The number of rotatable bonds is 4. The molecule has 1 aliphatic rings. The molecule has 0 saturated carbocycles. The van der Waals surface area contributed by atoms with Gasteiger partial charge in [-0.25, -0.2) is 0 Å². The Morgan fingerprint density at radius 3 is 3.00 bits per heavy atom. The number of halogens is 1. The van der Waals surface area contributed by atoms with E-state index in [-0.39, 0.29) is 0 Å². The van der Waals surface area contributed by atoms with Gasteiger partial charge in [0.05, 0.1) is 6.10 Å². The molecule has 1 saturated heterocycles. The molecule has 1 aromatic carbocycles. The average Bonchev–Trinajstić information content (AvgIpc) is 2.41. The van der Waals surface area contributed by atoms with E-state index in [1.54, 1.807) is 7.11 Å². The van der Waals surface area contributed by atoms with Gasteiger partial charge in [0.15, 0.2) is 0 Å². The van der Waals surface area contributed by atoms with Gasteiger partial charge in [0.1, 0.15) is 4.99 Å². The quantitative estimate of drug-likeness (QED) is 0.867. The molecule has 1 atom stereocenters. The van der Waals surface area contributed by atoms with Gasteiger partial charge in [0.2, 0.25) is 0 Å². The van der Waals surface area contributed by atoms with Crippen molar-refractivity contribution in [2.24, 2.45) is 5.73 Å². The topological polar surface area (TPSA) is 38.5 Å². The van der Waals surface area contributed by atoms with E-state index in [1.165, 1.54) is 6.42 Å². The Kier molecular flexibility index (Phi) is 5.16. The molecule has 1 aliphatic heterocycles. The molecule has 2 rings (SSSR count). The second-order valence-electron chi connectivity index (χ2n) is 4.91. The summed E-state index contributed by atoms with van der Waals surface area (Å²) in [5.74, 6) is 0. The van der Waals surface area contributed by atoms with Crippen LogP contribution in [0.5, 0.6) is 0 Å². The van der Waals surface area contributed by atoms with E-state index < -0.39 is 0 Å². The summed E-state index contributed by atoms with van der Waals surface area (Å²) in [6.45, 7) is 2.90. The minimum atomic E-state index is 0.336. The normalized spacial score (nSPS) is 20.4. The largest absolute Gasteiger partial charge is 0.389 e. The van der Waals surface area contributed by atoms with Gasteiger partial charge in [-0.1, -0.05) is 36.0 Å². The Morgan fingerprint density at radius 2 is 2.37 bits per heavy atom. The van der Waals surface area contributed by atoms with E-state index in [2.05, 4.69) is 4.90 Å². The van der Waals surface area contributed by atoms with Gasteiger partial charge in [-0.2, -0.15) is 0 Å². The lowest BCUT2D eigenvalue weighted by Gasteiger charge is -2.32. The highest BCUT2D eigenvalue weighted by Gasteiger charge is 2.20. The number of hydrogen-bond donors (Lipinski definition) is 1. The molecule has 1 heterocycles. The number of likely N-dealkylation sites (tertiary alicyclic amines) is 1. The molecule has 0 spiro atoms. The van der Waals surface area contributed by atoms with Crippen molar-refractivity contribution in [1.29, 1.82) is 0 Å². The fraction of sp³-hybridized carbons (Fsp3) is 0.500. The van der Waals surface area contributed by atoms with Crippen molar-refractivity contribution in [3.63, 3.8) is 0 Å². The lowest BCUT2D eigenvalue weighted by Crippen LogP contribution is -2.38. The maximum atomic E-state index is 6.29. The molecule has 2 N–H and O–H groups in total. The van der Waals surface area contributed by atoms with Crippen LogP contribution in [0.25, 0.3) is 0 Å². The predicted molar refractivity (Wildman–Crippen MR) is 82.6 cm³/mol. The van der Waals surface area contributed by atoms with Crippen molar-refractivity contribution < 1.29 is 4.74 Å². The number of methoxy groups -OCH3 is 1. The zero-order valence-electron chi connectivity index (χ0n) is 11.1. The third-order valence-electron chi connectivity index (χ3n) is 3.53. The minimum absolute atomic E-state index is 0.336. The van der Waals surface area contributed by atoms with Gasteiger partial charge < -0.3 is 10.5 Å². The van der Waals surface area contributed by atoms with Crippen LogP contribution in [0.3, 0.4) is 0 Å². The summed E-state index contributed by atoms with van der Waals surface area (Å²) < 4.78 is 5.43. The smallest absolute Gasteiger partial charge is 0.104 e. The Hall–Kier alpha value is -0.680. The lowest BCUT2D eigenvalue weighted by atomic mass is 10.1. The molecule has 0 radical (unpaired) electrons. The van der Waals surface area contributed by atoms with Gasteiger partial charge in [0, 0.05) is 30.8 Å². The predicted octanol–water partition coefficient (Wildman–Crippen LogP) is 2.59.